The van der Waals surface area contributed by atoms with Gasteiger partial charge in [0.2, 0.25) is 10.0 Å². The van der Waals surface area contributed by atoms with E-state index in [0.29, 0.717) is 13.1 Å². The monoisotopic (exact) mass is 462 g/mol. The molecule has 0 saturated carbocycles. The number of nitrogens with zero attached hydrogens (tertiary/aromatic N) is 2. The molecule has 0 atom stereocenters. The summed E-state index contributed by atoms with van der Waals surface area (Å²) in [6, 6.07) is 12.1. The van der Waals surface area contributed by atoms with Crippen LogP contribution in [0.5, 0.6) is 11.5 Å². The first-order valence-electron chi connectivity index (χ1n) is 10.00. The minimum atomic E-state index is -3.84. The van der Waals surface area contributed by atoms with Crippen LogP contribution in [0.1, 0.15) is 15.9 Å². The summed E-state index contributed by atoms with van der Waals surface area (Å²) < 4.78 is 41.8. The van der Waals surface area contributed by atoms with E-state index in [-0.39, 0.29) is 30.2 Å². The van der Waals surface area contributed by atoms with Gasteiger partial charge in [-0.2, -0.15) is 4.31 Å². The second-order valence-electron chi connectivity index (χ2n) is 7.31. The molecule has 1 fully saturated rings. The molecule has 0 radical (unpaired) electrons. The van der Waals surface area contributed by atoms with E-state index in [1.165, 1.54) is 36.7 Å². The molecule has 0 unspecified atom stereocenters. The van der Waals surface area contributed by atoms with Gasteiger partial charge in [-0.1, -0.05) is 12.1 Å². The first-order valence-corrected chi connectivity index (χ1v) is 11.6. The number of hydrogen-bond acceptors (Lipinski definition) is 8. The lowest BCUT2D eigenvalue weighted by atomic mass is 10.2. The molecule has 2 aromatic rings. The lowest BCUT2D eigenvalue weighted by Crippen LogP contribution is -2.50. The number of benzene rings is 2. The highest BCUT2D eigenvalue weighted by Gasteiger charge is 2.30. The lowest BCUT2D eigenvalue weighted by molar-refractivity contribution is -0.131. The predicted molar refractivity (Wildman–Crippen MR) is 119 cm³/mol. The third kappa shape index (κ3) is 5.57. The maximum atomic E-state index is 12.7. The van der Waals surface area contributed by atoms with E-state index in [1.54, 1.807) is 0 Å². The highest BCUT2D eigenvalue weighted by molar-refractivity contribution is 7.89. The quantitative estimate of drug-likeness (QED) is 0.454. The van der Waals surface area contributed by atoms with Crippen LogP contribution in [0.2, 0.25) is 0 Å². The number of piperazine rings is 1. The number of ether oxygens (including phenoxy) is 3. The minimum absolute atomic E-state index is 0.0182. The van der Waals surface area contributed by atoms with Crippen molar-refractivity contribution in [3.05, 3.63) is 53.6 Å². The molecule has 0 aliphatic carbocycles. The Morgan fingerprint density at radius 3 is 2.31 bits per heavy atom. The summed E-state index contributed by atoms with van der Waals surface area (Å²) in [5, 5.41) is 0. The lowest BCUT2D eigenvalue weighted by Gasteiger charge is -2.35. The van der Waals surface area contributed by atoms with Crippen LogP contribution in [0.4, 0.5) is 5.69 Å². The van der Waals surface area contributed by atoms with Crippen LogP contribution in [0.3, 0.4) is 0 Å². The predicted octanol–water partition coefficient (Wildman–Crippen LogP) is 1.85. The van der Waals surface area contributed by atoms with Gasteiger partial charge < -0.3 is 19.1 Å². The molecule has 3 rings (SSSR count). The molecule has 0 N–H and O–H groups in total. The third-order valence-electron chi connectivity index (χ3n) is 5.11. The van der Waals surface area contributed by atoms with Crippen molar-refractivity contribution in [2.75, 3.05) is 51.1 Å². The molecule has 1 aliphatic rings. The molecule has 172 valence electrons. The maximum Gasteiger partial charge on any atom is 0.337 e. The fourth-order valence-corrected chi connectivity index (χ4v) is 4.70. The zero-order valence-electron chi connectivity index (χ0n) is 18.2. The Bertz CT molecular complexity index is 1090. The van der Waals surface area contributed by atoms with Crippen molar-refractivity contribution in [2.45, 2.75) is 6.92 Å². The highest BCUT2D eigenvalue weighted by Crippen LogP contribution is 2.29. The molecule has 10 heteroatoms. The molecule has 1 aliphatic heterocycles. The fraction of sp³-hybridized carbons (Fsp3) is 0.364. The van der Waals surface area contributed by atoms with Gasteiger partial charge in [-0.15, -0.1) is 0 Å². The average molecular weight is 463 g/mol. The minimum Gasteiger partial charge on any atom is -0.493 e. The summed E-state index contributed by atoms with van der Waals surface area (Å²) in [6.45, 7) is 3.62. The summed E-state index contributed by atoms with van der Waals surface area (Å²) in [4.78, 5) is 26.1. The van der Waals surface area contributed by atoms with E-state index in [9.17, 15) is 18.0 Å². The Kier molecular flexibility index (Phi) is 7.37. The number of hydrogen-bond donors (Lipinski definition) is 0. The SMILES string of the molecule is COC(=O)c1ccc(OC(=O)CS(=O)(=O)N2CCN(c3cccc(C)c3)CC2)c(OC)c1. The summed E-state index contributed by atoms with van der Waals surface area (Å²) in [5.41, 5.74) is 2.39. The smallest absolute Gasteiger partial charge is 0.337 e. The molecule has 0 spiro atoms. The number of esters is 2. The van der Waals surface area contributed by atoms with Crippen LogP contribution >= 0.6 is 0 Å². The standard InChI is InChI=1S/C22H26N2O7S/c1-16-5-4-6-18(13-16)23-9-11-24(12-10-23)32(27,28)15-21(25)31-19-8-7-17(22(26)30-3)14-20(19)29-2/h4-8,13-14H,9-12,15H2,1-3H3. The van der Waals surface area contributed by atoms with E-state index in [0.717, 1.165) is 11.3 Å². The molecule has 0 aromatic heterocycles. The number of rotatable bonds is 7. The molecule has 32 heavy (non-hydrogen) atoms. The molecule has 0 amide bonds. The van der Waals surface area contributed by atoms with E-state index >= 15 is 0 Å². The van der Waals surface area contributed by atoms with Gasteiger partial charge in [0.05, 0.1) is 19.8 Å². The number of carbonyl (C=O) groups excluding carboxylic acids is 2. The van der Waals surface area contributed by atoms with Crippen molar-refractivity contribution in [1.29, 1.82) is 0 Å². The maximum absolute atomic E-state index is 12.7. The summed E-state index contributed by atoms with van der Waals surface area (Å²) in [5.74, 6) is -2.17. The van der Waals surface area contributed by atoms with E-state index in [4.69, 9.17) is 9.47 Å². The Hall–Kier alpha value is -3.11. The molecular formula is C22H26N2O7S. The van der Waals surface area contributed by atoms with Crippen molar-refractivity contribution in [2.24, 2.45) is 0 Å². The number of carbonyl (C=O) groups is 2. The topological polar surface area (TPSA) is 102 Å². The first kappa shape index (κ1) is 23.6. The van der Waals surface area contributed by atoms with Crippen LogP contribution in [0.15, 0.2) is 42.5 Å². The Labute approximate surface area is 187 Å². The number of methoxy groups -OCH3 is 2. The van der Waals surface area contributed by atoms with Crippen molar-refractivity contribution < 1.29 is 32.2 Å². The number of aryl methyl sites for hydroxylation is 1. The van der Waals surface area contributed by atoms with Crippen molar-refractivity contribution >= 4 is 27.6 Å². The van der Waals surface area contributed by atoms with Crippen molar-refractivity contribution in [3.63, 3.8) is 0 Å². The summed E-state index contributed by atoms with van der Waals surface area (Å²) in [7, 11) is -1.25. The highest BCUT2D eigenvalue weighted by atomic mass is 32.2. The number of anilines is 1. The first-order chi connectivity index (χ1) is 15.2. The summed E-state index contributed by atoms with van der Waals surface area (Å²) in [6.07, 6.45) is 0. The van der Waals surface area contributed by atoms with Crippen LogP contribution < -0.4 is 14.4 Å². The molecule has 1 heterocycles. The van der Waals surface area contributed by atoms with Gasteiger partial charge in [-0.25, -0.2) is 13.2 Å². The molecule has 2 aromatic carbocycles. The second-order valence-corrected chi connectivity index (χ2v) is 9.28. The van der Waals surface area contributed by atoms with Crippen molar-refractivity contribution in [1.82, 2.24) is 4.31 Å². The Balaban J connectivity index is 1.61. The Morgan fingerprint density at radius 1 is 0.969 bits per heavy atom. The summed E-state index contributed by atoms with van der Waals surface area (Å²) >= 11 is 0. The van der Waals surface area contributed by atoms with E-state index < -0.39 is 27.7 Å². The normalized spacial score (nSPS) is 14.7. The molecular weight excluding hydrogens is 436 g/mol. The van der Waals surface area contributed by atoms with Crippen LogP contribution in [-0.4, -0.2) is 70.8 Å². The van der Waals surface area contributed by atoms with Crippen LogP contribution in [-0.2, 0) is 19.6 Å². The van der Waals surface area contributed by atoms with E-state index in [1.807, 2.05) is 25.1 Å². The average Bonchev–Trinajstić information content (AvgIpc) is 2.78. The number of sulfonamides is 1. The van der Waals surface area contributed by atoms with Crippen molar-refractivity contribution in [3.8, 4) is 11.5 Å². The fourth-order valence-electron chi connectivity index (χ4n) is 3.44. The third-order valence-corrected chi connectivity index (χ3v) is 6.86. The molecule has 1 saturated heterocycles. The zero-order valence-corrected chi connectivity index (χ0v) is 19.1. The zero-order chi connectivity index (χ0) is 23.3. The van der Waals surface area contributed by atoms with Gasteiger partial charge in [-0.3, -0.25) is 4.79 Å². The van der Waals surface area contributed by atoms with Gasteiger partial charge in [0.15, 0.2) is 17.3 Å². The molecule has 0 bridgehead atoms. The molecule has 9 nitrogen and oxygen atoms in total. The van der Waals surface area contributed by atoms with Gasteiger partial charge in [0.1, 0.15) is 0 Å². The Morgan fingerprint density at radius 2 is 1.69 bits per heavy atom. The van der Waals surface area contributed by atoms with Gasteiger partial charge in [0.25, 0.3) is 0 Å². The van der Waals surface area contributed by atoms with Gasteiger partial charge in [0, 0.05) is 31.9 Å². The van der Waals surface area contributed by atoms with E-state index in [2.05, 4.69) is 15.7 Å². The van der Waals surface area contributed by atoms with Gasteiger partial charge in [-0.05, 0) is 42.8 Å². The van der Waals surface area contributed by atoms with Crippen LogP contribution in [0.25, 0.3) is 0 Å². The second kappa shape index (κ2) is 10.0. The largest absolute Gasteiger partial charge is 0.493 e. The van der Waals surface area contributed by atoms with Crippen LogP contribution in [0, 0.1) is 6.92 Å². The van der Waals surface area contributed by atoms with Gasteiger partial charge >= 0.3 is 11.9 Å².